The van der Waals surface area contributed by atoms with Crippen molar-refractivity contribution < 1.29 is 22.2 Å². The molecule has 24 heavy (non-hydrogen) atoms. The van der Waals surface area contributed by atoms with Crippen molar-refractivity contribution >= 4 is 35.2 Å². The molecule has 0 aliphatic carbocycles. The summed E-state index contributed by atoms with van der Waals surface area (Å²) in [5.74, 6) is 0. The molecule has 0 aliphatic heterocycles. The highest BCUT2D eigenvalue weighted by Crippen LogP contribution is 2.25. The van der Waals surface area contributed by atoms with Gasteiger partial charge in [-0.3, -0.25) is 0 Å². The standard InChI is InChI=1S/C13H36O5Si4.C2H6/c1-13(14)12-15-10-9-11-22(8,17-20(3,4)5)18-21(6,7)16-19-2;1-2/h13-14H,9-12,19H2,1-8H3;1-2H3. The van der Waals surface area contributed by atoms with E-state index in [4.69, 9.17) is 17.1 Å². The zero-order valence-electron chi connectivity index (χ0n) is 17.7. The molecule has 0 amide bonds. The Labute approximate surface area is 156 Å². The van der Waals surface area contributed by atoms with Crippen molar-refractivity contribution in [2.45, 2.75) is 85.2 Å². The Morgan fingerprint density at radius 3 is 1.96 bits per heavy atom. The summed E-state index contributed by atoms with van der Waals surface area (Å²) in [4.78, 5) is 0. The van der Waals surface area contributed by atoms with Gasteiger partial charge in [-0.05, 0) is 58.7 Å². The SMILES string of the molecule is CC.C[SiH2]O[Si](C)(C)O[Si](C)(CCCOCC(C)O)O[Si](C)(C)C. The number of rotatable bonds is 12. The lowest BCUT2D eigenvalue weighted by Crippen LogP contribution is -2.54. The normalized spacial score (nSPS) is 16.6. The Morgan fingerprint density at radius 1 is 1.00 bits per heavy atom. The maximum absolute atomic E-state index is 9.21. The first-order valence-electron chi connectivity index (χ1n) is 9.19. The summed E-state index contributed by atoms with van der Waals surface area (Å²) in [6.45, 7) is 21.9. The highest BCUT2D eigenvalue weighted by atomic mass is 28.5. The summed E-state index contributed by atoms with van der Waals surface area (Å²) in [5, 5.41) is 9.21. The van der Waals surface area contributed by atoms with Crippen molar-refractivity contribution in [1.29, 1.82) is 0 Å². The molecule has 0 fully saturated rings. The van der Waals surface area contributed by atoms with Gasteiger partial charge in [0, 0.05) is 6.61 Å². The predicted octanol–water partition coefficient (Wildman–Crippen LogP) is 3.59. The molecule has 0 bridgehead atoms. The van der Waals surface area contributed by atoms with Crippen molar-refractivity contribution in [1.82, 2.24) is 0 Å². The van der Waals surface area contributed by atoms with Crippen molar-refractivity contribution in [2.24, 2.45) is 0 Å². The quantitative estimate of drug-likeness (QED) is 0.390. The molecule has 0 aliphatic rings. The molecule has 148 valence electrons. The van der Waals surface area contributed by atoms with Gasteiger partial charge in [0.25, 0.3) is 0 Å². The third-order valence-electron chi connectivity index (χ3n) is 2.75. The maximum Gasteiger partial charge on any atom is 0.315 e. The zero-order valence-corrected chi connectivity index (χ0v) is 22.1. The van der Waals surface area contributed by atoms with Crippen molar-refractivity contribution in [3.05, 3.63) is 0 Å². The monoisotopic (exact) mass is 414 g/mol. The zero-order chi connectivity index (χ0) is 19.4. The summed E-state index contributed by atoms with van der Waals surface area (Å²) >= 11 is 0. The number of aliphatic hydroxyl groups is 1. The van der Waals surface area contributed by atoms with Crippen LogP contribution in [-0.2, 0) is 17.1 Å². The second kappa shape index (κ2) is 12.9. The van der Waals surface area contributed by atoms with Gasteiger partial charge in [-0.15, -0.1) is 0 Å². The van der Waals surface area contributed by atoms with E-state index in [-0.39, 0.29) is 0 Å². The molecule has 0 aromatic rings. The van der Waals surface area contributed by atoms with Crippen LogP contribution in [0.5, 0.6) is 0 Å². The second-order valence-electron chi connectivity index (χ2n) is 7.31. The molecule has 0 spiro atoms. The van der Waals surface area contributed by atoms with E-state index in [1.807, 2.05) is 13.8 Å². The molecule has 2 atom stereocenters. The summed E-state index contributed by atoms with van der Waals surface area (Å²) in [5.41, 5.74) is 0. The van der Waals surface area contributed by atoms with Gasteiger partial charge in [0.15, 0.2) is 8.32 Å². The first-order chi connectivity index (χ1) is 10.9. The van der Waals surface area contributed by atoms with Crippen LogP contribution in [0, 0.1) is 0 Å². The Hall–Kier alpha value is 0.668. The van der Waals surface area contributed by atoms with Crippen LogP contribution < -0.4 is 0 Å². The van der Waals surface area contributed by atoms with E-state index >= 15 is 0 Å². The van der Waals surface area contributed by atoms with Crippen LogP contribution in [0.15, 0.2) is 0 Å². The lowest BCUT2D eigenvalue weighted by Gasteiger charge is -2.39. The fourth-order valence-corrected chi connectivity index (χ4v) is 17.4. The summed E-state index contributed by atoms with van der Waals surface area (Å²) in [6.07, 6.45) is 0.487. The molecule has 0 saturated carbocycles. The maximum atomic E-state index is 9.21. The molecule has 0 aromatic heterocycles. The number of ether oxygens (including phenoxy) is 1. The molecule has 2 unspecified atom stereocenters. The van der Waals surface area contributed by atoms with Crippen molar-refractivity contribution in [3.63, 3.8) is 0 Å². The Balaban J connectivity index is 0. The van der Waals surface area contributed by atoms with E-state index in [0.29, 0.717) is 13.2 Å². The summed E-state index contributed by atoms with van der Waals surface area (Å²) in [6, 6.07) is 0.905. The van der Waals surface area contributed by atoms with Gasteiger partial charge in [0.2, 0.25) is 0 Å². The second-order valence-corrected chi connectivity index (χ2v) is 20.5. The lowest BCUT2D eigenvalue weighted by atomic mass is 10.4. The molecule has 0 radical (unpaired) electrons. The Kier molecular flexibility index (Phi) is 14.5. The fraction of sp³-hybridized carbons (Fsp3) is 1.00. The lowest BCUT2D eigenvalue weighted by molar-refractivity contribution is 0.0461. The van der Waals surface area contributed by atoms with Crippen LogP contribution in [0.3, 0.4) is 0 Å². The number of hydrogen-bond acceptors (Lipinski definition) is 5. The van der Waals surface area contributed by atoms with Crippen LogP contribution in [0.2, 0.25) is 51.9 Å². The van der Waals surface area contributed by atoms with Gasteiger partial charge in [-0.25, -0.2) is 0 Å². The smallest absolute Gasteiger partial charge is 0.315 e. The highest BCUT2D eigenvalue weighted by Gasteiger charge is 2.42. The molecule has 0 rings (SSSR count). The minimum atomic E-state index is -2.26. The van der Waals surface area contributed by atoms with E-state index in [0.717, 1.165) is 12.5 Å². The van der Waals surface area contributed by atoms with Crippen LogP contribution in [0.25, 0.3) is 0 Å². The van der Waals surface area contributed by atoms with E-state index < -0.39 is 41.3 Å². The van der Waals surface area contributed by atoms with Crippen LogP contribution in [0.1, 0.15) is 27.2 Å². The summed E-state index contributed by atoms with van der Waals surface area (Å²) < 4.78 is 24.3. The first kappa shape index (κ1) is 26.9. The molecular formula is C15H42O5Si4. The number of hydrogen-bond donors (Lipinski definition) is 1. The largest absolute Gasteiger partial charge is 0.442 e. The molecule has 0 saturated heterocycles. The molecule has 1 N–H and O–H groups in total. The topological polar surface area (TPSA) is 57.2 Å². The third kappa shape index (κ3) is 16.2. The van der Waals surface area contributed by atoms with E-state index in [9.17, 15) is 5.11 Å². The van der Waals surface area contributed by atoms with E-state index in [1.54, 1.807) is 6.92 Å². The molecule has 0 aromatic carbocycles. The Morgan fingerprint density at radius 2 is 1.54 bits per heavy atom. The van der Waals surface area contributed by atoms with Gasteiger partial charge >= 0.3 is 17.1 Å². The van der Waals surface area contributed by atoms with Crippen molar-refractivity contribution in [2.75, 3.05) is 13.2 Å². The molecule has 5 nitrogen and oxygen atoms in total. The van der Waals surface area contributed by atoms with Crippen LogP contribution >= 0.6 is 0 Å². The van der Waals surface area contributed by atoms with Crippen molar-refractivity contribution in [3.8, 4) is 0 Å². The van der Waals surface area contributed by atoms with Crippen LogP contribution in [0.4, 0.5) is 0 Å². The van der Waals surface area contributed by atoms with E-state index in [2.05, 4.69) is 45.8 Å². The summed E-state index contributed by atoms with van der Waals surface area (Å²) in [7, 11) is -6.48. The highest BCUT2D eigenvalue weighted by molar-refractivity contribution is 6.87. The van der Waals surface area contributed by atoms with Gasteiger partial charge in [-0.1, -0.05) is 20.4 Å². The predicted molar refractivity (Wildman–Crippen MR) is 113 cm³/mol. The van der Waals surface area contributed by atoms with Gasteiger partial charge < -0.3 is 22.2 Å². The number of aliphatic hydroxyl groups excluding tert-OH is 1. The average molecular weight is 415 g/mol. The van der Waals surface area contributed by atoms with Crippen LogP contribution in [-0.4, -0.2) is 59.6 Å². The third-order valence-corrected chi connectivity index (χ3v) is 15.8. The van der Waals surface area contributed by atoms with E-state index in [1.165, 1.54) is 0 Å². The van der Waals surface area contributed by atoms with Gasteiger partial charge in [0.05, 0.1) is 12.7 Å². The van der Waals surface area contributed by atoms with Gasteiger partial charge in [-0.2, -0.15) is 0 Å². The minimum Gasteiger partial charge on any atom is -0.442 e. The minimum absolute atomic E-state index is 0.388. The average Bonchev–Trinajstić information content (AvgIpc) is 2.36. The molecular weight excluding hydrogens is 373 g/mol. The Bertz CT molecular complexity index is 311. The molecule has 9 heteroatoms. The fourth-order valence-electron chi connectivity index (χ4n) is 2.42. The first-order valence-corrected chi connectivity index (χ1v) is 19.9. The van der Waals surface area contributed by atoms with Gasteiger partial charge in [0.1, 0.15) is 9.76 Å². The molecule has 0 heterocycles.